The van der Waals surface area contributed by atoms with Gasteiger partial charge < -0.3 is 15.2 Å². The highest BCUT2D eigenvalue weighted by molar-refractivity contribution is 7.10. The monoisotopic (exact) mass is 326 g/mol. The van der Waals surface area contributed by atoms with Crippen LogP contribution in [0.3, 0.4) is 0 Å². The number of carboxylic acids is 1. The van der Waals surface area contributed by atoms with Crippen molar-refractivity contribution < 1.29 is 19.4 Å². The number of nitrogens with zero attached hydrogens (tertiary/aromatic N) is 1. The third-order valence-corrected chi connectivity index (χ3v) is 4.28. The Balaban J connectivity index is 1.94. The number of likely N-dealkylation sites (tertiary alicyclic amines) is 1. The molecule has 0 bridgehead atoms. The van der Waals surface area contributed by atoms with Gasteiger partial charge in [-0.15, -0.1) is 11.3 Å². The summed E-state index contributed by atoms with van der Waals surface area (Å²) in [6.45, 7) is 6.57. The first-order valence-electron chi connectivity index (χ1n) is 7.26. The third kappa shape index (κ3) is 4.45. The molecule has 2 heterocycles. The zero-order valence-electron chi connectivity index (χ0n) is 13.0. The number of carboxylic acid groups (broad SMARTS) is 1. The Labute approximate surface area is 134 Å². The topological polar surface area (TPSA) is 78.9 Å². The van der Waals surface area contributed by atoms with Gasteiger partial charge in [-0.25, -0.2) is 4.79 Å². The molecule has 2 atom stereocenters. The molecular formula is C15H22N2O4S. The second-order valence-corrected chi connectivity index (χ2v) is 7.36. The number of hydrogen-bond acceptors (Lipinski definition) is 5. The van der Waals surface area contributed by atoms with E-state index in [2.05, 4.69) is 5.32 Å². The van der Waals surface area contributed by atoms with Gasteiger partial charge in [0.05, 0.1) is 0 Å². The van der Waals surface area contributed by atoms with Crippen molar-refractivity contribution in [2.45, 2.75) is 44.9 Å². The van der Waals surface area contributed by atoms with Gasteiger partial charge >= 0.3 is 12.1 Å². The minimum absolute atomic E-state index is 0.0864. The molecule has 1 aliphatic rings. The molecule has 1 aromatic rings. The largest absolute Gasteiger partial charge is 0.480 e. The van der Waals surface area contributed by atoms with Crippen LogP contribution in [0.1, 0.15) is 38.1 Å². The summed E-state index contributed by atoms with van der Waals surface area (Å²) in [5.41, 5.74) is -0.539. The first-order valence-corrected chi connectivity index (χ1v) is 8.14. The van der Waals surface area contributed by atoms with Crippen molar-refractivity contribution in [2.75, 3.05) is 13.1 Å². The molecule has 2 unspecified atom stereocenters. The van der Waals surface area contributed by atoms with Crippen LogP contribution in [0.15, 0.2) is 17.5 Å². The van der Waals surface area contributed by atoms with E-state index in [-0.39, 0.29) is 6.04 Å². The van der Waals surface area contributed by atoms with E-state index in [4.69, 9.17) is 4.74 Å². The van der Waals surface area contributed by atoms with Crippen LogP contribution in [-0.2, 0) is 9.53 Å². The molecule has 0 saturated carbocycles. The summed E-state index contributed by atoms with van der Waals surface area (Å²) >= 11 is 1.43. The van der Waals surface area contributed by atoms with E-state index in [0.29, 0.717) is 19.5 Å². The smallest absolute Gasteiger partial charge is 0.407 e. The minimum Gasteiger partial charge on any atom is -0.480 e. The number of nitrogens with one attached hydrogen (secondary N) is 1. The van der Waals surface area contributed by atoms with Crippen LogP contribution in [0.2, 0.25) is 0 Å². The van der Waals surface area contributed by atoms with Gasteiger partial charge in [0, 0.05) is 24.0 Å². The van der Waals surface area contributed by atoms with Crippen LogP contribution in [0.5, 0.6) is 0 Å². The summed E-state index contributed by atoms with van der Waals surface area (Å²) < 4.78 is 5.23. The maximum atomic E-state index is 11.8. The summed E-state index contributed by atoms with van der Waals surface area (Å²) in [5.74, 6) is -0.861. The van der Waals surface area contributed by atoms with E-state index >= 15 is 0 Å². The summed E-state index contributed by atoms with van der Waals surface area (Å²) in [4.78, 5) is 26.0. The first-order chi connectivity index (χ1) is 10.3. The van der Waals surface area contributed by atoms with Crippen LogP contribution in [-0.4, -0.2) is 46.8 Å². The van der Waals surface area contributed by atoms with Crippen molar-refractivity contribution in [3.63, 3.8) is 0 Å². The molecule has 1 aliphatic heterocycles. The Morgan fingerprint density at radius 1 is 1.50 bits per heavy atom. The number of carbonyl (C=O) groups is 2. The van der Waals surface area contributed by atoms with E-state index in [1.807, 2.05) is 43.2 Å². The van der Waals surface area contributed by atoms with Crippen LogP contribution in [0.4, 0.5) is 4.79 Å². The van der Waals surface area contributed by atoms with Gasteiger partial charge in [-0.3, -0.25) is 9.69 Å². The second kappa shape index (κ2) is 6.66. The second-order valence-electron chi connectivity index (χ2n) is 6.38. The van der Waals surface area contributed by atoms with Crippen molar-refractivity contribution in [1.82, 2.24) is 10.2 Å². The fourth-order valence-corrected chi connectivity index (χ4v) is 3.37. The van der Waals surface area contributed by atoms with Gasteiger partial charge in [-0.1, -0.05) is 6.07 Å². The first kappa shape index (κ1) is 16.8. The van der Waals surface area contributed by atoms with Crippen molar-refractivity contribution in [3.8, 4) is 0 Å². The molecule has 0 spiro atoms. The lowest BCUT2D eigenvalue weighted by atomic mass is 10.2. The van der Waals surface area contributed by atoms with E-state index in [1.165, 1.54) is 11.3 Å². The molecule has 6 nitrogen and oxygen atoms in total. The van der Waals surface area contributed by atoms with E-state index in [1.54, 1.807) is 0 Å². The highest BCUT2D eigenvalue weighted by Crippen LogP contribution is 2.28. The van der Waals surface area contributed by atoms with Crippen LogP contribution < -0.4 is 5.32 Å². The highest BCUT2D eigenvalue weighted by Gasteiger charge is 2.35. The summed E-state index contributed by atoms with van der Waals surface area (Å²) in [5, 5.41) is 14.2. The van der Waals surface area contributed by atoms with E-state index in [9.17, 15) is 14.7 Å². The molecule has 0 aliphatic carbocycles. The molecule has 1 fully saturated rings. The molecule has 122 valence electrons. The molecule has 0 aromatic carbocycles. The zero-order chi connectivity index (χ0) is 16.3. The molecule has 2 N–H and O–H groups in total. The Kier molecular flexibility index (Phi) is 5.08. The van der Waals surface area contributed by atoms with Crippen molar-refractivity contribution in [2.24, 2.45) is 0 Å². The fourth-order valence-electron chi connectivity index (χ4n) is 2.52. The predicted molar refractivity (Wildman–Crippen MR) is 84.0 cm³/mol. The molecule has 0 radical (unpaired) electrons. The average Bonchev–Trinajstić information content (AvgIpc) is 2.99. The van der Waals surface area contributed by atoms with E-state index in [0.717, 1.165) is 4.88 Å². The summed E-state index contributed by atoms with van der Waals surface area (Å²) in [6, 6.07) is 2.95. The van der Waals surface area contributed by atoms with Crippen molar-refractivity contribution >= 4 is 23.4 Å². The Morgan fingerprint density at radius 2 is 2.23 bits per heavy atom. The SMILES string of the molecule is CC(C)(C)OC(=O)NC1CCN(C(C(=O)O)c2cccs2)C1. The van der Waals surface area contributed by atoms with Crippen LogP contribution in [0, 0.1) is 0 Å². The maximum Gasteiger partial charge on any atom is 0.407 e. The number of thiophene rings is 1. The van der Waals surface area contributed by atoms with Gasteiger partial charge in [0.15, 0.2) is 0 Å². The fraction of sp³-hybridized carbons (Fsp3) is 0.600. The van der Waals surface area contributed by atoms with Gasteiger partial charge in [0.25, 0.3) is 0 Å². The lowest BCUT2D eigenvalue weighted by molar-refractivity contribution is -0.143. The number of rotatable bonds is 4. The number of amides is 1. The van der Waals surface area contributed by atoms with Gasteiger partial charge in [-0.05, 0) is 38.6 Å². The Morgan fingerprint density at radius 3 is 2.77 bits per heavy atom. The van der Waals surface area contributed by atoms with Crippen LogP contribution >= 0.6 is 11.3 Å². The average molecular weight is 326 g/mol. The summed E-state index contributed by atoms with van der Waals surface area (Å²) in [7, 11) is 0. The van der Waals surface area contributed by atoms with Crippen molar-refractivity contribution in [1.29, 1.82) is 0 Å². The Hall–Kier alpha value is -1.60. The lowest BCUT2D eigenvalue weighted by Gasteiger charge is -2.24. The minimum atomic E-state index is -0.861. The number of carbonyl (C=O) groups excluding carboxylic acids is 1. The molecule has 1 amide bonds. The van der Waals surface area contributed by atoms with Gasteiger partial charge in [-0.2, -0.15) is 0 Å². The quantitative estimate of drug-likeness (QED) is 0.888. The summed E-state index contributed by atoms with van der Waals surface area (Å²) in [6.07, 6.45) is 0.261. The molecule has 2 rings (SSSR count). The maximum absolute atomic E-state index is 11.8. The predicted octanol–water partition coefficient (Wildman–Crippen LogP) is 2.47. The normalized spacial score (nSPS) is 20.6. The van der Waals surface area contributed by atoms with Crippen molar-refractivity contribution in [3.05, 3.63) is 22.4 Å². The van der Waals surface area contributed by atoms with E-state index < -0.39 is 23.7 Å². The van der Waals surface area contributed by atoms with Gasteiger partial charge in [0.2, 0.25) is 0 Å². The molecule has 22 heavy (non-hydrogen) atoms. The molecule has 1 aromatic heterocycles. The molecular weight excluding hydrogens is 304 g/mol. The highest BCUT2D eigenvalue weighted by atomic mass is 32.1. The number of ether oxygens (including phenoxy) is 1. The zero-order valence-corrected chi connectivity index (χ0v) is 13.9. The standard InChI is InChI=1S/C15H22N2O4S/c1-15(2,3)21-14(20)16-10-6-7-17(9-10)12(13(18)19)11-5-4-8-22-11/h4-5,8,10,12H,6-7,9H2,1-3H3,(H,16,20)(H,18,19). The number of hydrogen-bond donors (Lipinski definition) is 2. The molecule has 7 heteroatoms. The molecule has 1 saturated heterocycles. The number of alkyl carbamates (subject to hydrolysis) is 1. The number of aliphatic carboxylic acids is 1. The lowest BCUT2D eigenvalue weighted by Crippen LogP contribution is -2.41. The third-order valence-electron chi connectivity index (χ3n) is 3.35. The Bertz CT molecular complexity index is 524. The van der Waals surface area contributed by atoms with Crippen LogP contribution in [0.25, 0.3) is 0 Å². The van der Waals surface area contributed by atoms with Gasteiger partial charge in [0.1, 0.15) is 11.6 Å².